The van der Waals surface area contributed by atoms with Gasteiger partial charge in [0.15, 0.2) is 11.5 Å². The molecule has 1 aliphatic rings. The second-order valence-electron chi connectivity index (χ2n) is 5.39. The number of thiophene rings is 1. The highest BCUT2D eigenvalue weighted by molar-refractivity contribution is 7.10. The lowest BCUT2D eigenvalue weighted by Crippen LogP contribution is -2.45. The van der Waals surface area contributed by atoms with Crippen molar-refractivity contribution in [2.75, 3.05) is 33.3 Å². The van der Waals surface area contributed by atoms with Crippen LogP contribution in [0.2, 0.25) is 0 Å². The Hall–Kier alpha value is -1.49. The number of aromatic hydroxyl groups is 1. The van der Waals surface area contributed by atoms with E-state index in [0.717, 1.165) is 31.1 Å². The lowest BCUT2D eigenvalue weighted by Gasteiger charge is -2.35. The molecule has 2 aromatic rings. The molecular formula is C17H21Cl2N3O2S. The fraction of sp³-hybridized carbons (Fsp3) is 0.353. The normalized spacial score (nSPS) is 15.4. The van der Waals surface area contributed by atoms with Crippen molar-refractivity contribution in [2.24, 2.45) is 0 Å². The summed E-state index contributed by atoms with van der Waals surface area (Å²) in [6, 6.07) is 9.49. The van der Waals surface area contributed by atoms with E-state index >= 15 is 0 Å². The van der Waals surface area contributed by atoms with Crippen molar-refractivity contribution >= 4 is 36.2 Å². The first-order valence-electron chi connectivity index (χ1n) is 7.54. The van der Waals surface area contributed by atoms with Gasteiger partial charge in [-0.05, 0) is 23.6 Å². The van der Waals surface area contributed by atoms with E-state index in [1.807, 2.05) is 11.4 Å². The van der Waals surface area contributed by atoms with Crippen molar-refractivity contribution in [3.05, 3.63) is 45.6 Å². The van der Waals surface area contributed by atoms with E-state index in [1.54, 1.807) is 23.5 Å². The number of nitrogens with one attached hydrogen (secondary N) is 1. The third-order valence-corrected chi connectivity index (χ3v) is 5.05. The molecule has 1 aromatic heterocycles. The number of hydrogen-bond donors (Lipinski definition) is 2. The van der Waals surface area contributed by atoms with E-state index in [9.17, 15) is 10.4 Å². The number of halogens is 2. The van der Waals surface area contributed by atoms with Crippen LogP contribution in [0.5, 0.6) is 11.5 Å². The smallest absolute Gasteiger partial charge is 0.164 e. The molecule has 0 spiro atoms. The number of hydrogen-bond acceptors (Lipinski definition) is 6. The maximum absolute atomic E-state index is 10.7. The van der Waals surface area contributed by atoms with Gasteiger partial charge in [-0.3, -0.25) is 4.90 Å². The lowest BCUT2D eigenvalue weighted by atomic mass is 9.96. The third-order valence-electron chi connectivity index (χ3n) is 4.12. The van der Waals surface area contributed by atoms with Crippen molar-refractivity contribution in [3.8, 4) is 17.6 Å². The molecule has 0 saturated carbocycles. The van der Waals surface area contributed by atoms with E-state index in [-0.39, 0.29) is 36.6 Å². The molecule has 1 atom stereocenters. The molecule has 0 amide bonds. The molecule has 25 heavy (non-hydrogen) atoms. The molecule has 1 aliphatic heterocycles. The van der Waals surface area contributed by atoms with Gasteiger partial charge in [0, 0.05) is 36.6 Å². The summed E-state index contributed by atoms with van der Waals surface area (Å²) in [5.74, 6) is 0.458. The van der Waals surface area contributed by atoms with Crippen LogP contribution in [0.4, 0.5) is 0 Å². The topological polar surface area (TPSA) is 68.5 Å². The Bertz CT molecular complexity index is 713. The maximum atomic E-state index is 10.7. The van der Waals surface area contributed by atoms with Crippen molar-refractivity contribution in [3.63, 3.8) is 0 Å². The average Bonchev–Trinajstić information content (AvgIpc) is 3.11. The summed E-state index contributed by atoms with van der Waals surface area (Å²) in [4.78, 5) is 3.42. The summed E-state index contributed by atoms with van der Waals surface area (Å²) in [7, 11) is 1.52. The zero-order chi connectivity index (χ0) is 16.2. The molecule has 0 aliphatic carbocycles. The van der Waals surface area contributed by atoms with Crippen LogP contribution in [0, 0.1) is 11.3 Å². The van der Waals surface area contributed by atoms with Gasteiger partial charge in [-0.2, -0.15) is 5.26 Å². The molecular weight excluding hydrogens is 381 g/mol. The zero-order valence-corrected chi connectivity index (χ0v) is 16.2. The summed E-state index contributed by atoms with van der Waals surface area (Å²) in [6.07, 6.45) is 0. The van der Waals surface area contributed by atoms with Crippen molar-refractivity contribution < 1.29 is 9.84 Å². The second kappa shape index (κ2) is 9.85. The van der Waals surface area contributed by atoms with Crippen LogP contribution in [0.25, 0.3) is 0 Å². The largest absolute Gasteiger partial charge is 0.504 e. The number of phenolic OH excluding ortho intramolecular Hbond substituents is 1. The number of piperazine rings is 1. The van der Waals surface area contributed by atoms with Gasteiger partial charge in [-0.25, -0.2) is 0 Å². The summed E-state index contributed by atoms with van der Waals surface area (Å²) >= 11 is 1.64. The third kappa shape index (κ3) is 4.38. The number of benzene rings is 1. The fourth-order valence-corrected chi connectivity index (χ4v) is 3.89. The summed E-state index contributed by atoms with van der Waals surface area (Å²) < 4.78 is 5.25. The standard InChI is InChI=1S/C17H19N3O2S.2ClH/c1-22-13-5-4-12(11-18)15(17(13)21)16(14-3-2-10-23-14)20-8-6-19-7-9-20;;/h2-5,10,16,19,21H,6-9H2,1H3;2*1H/t16-;;/m1../s1. The van der Waals surface area contributed by atoms with Crippen LogP contribution in [-0.4, -0.2) is 43.3 Å². The molecule has 0 unspecified atom stereocenters. The lowest BCUT2D eigenvalue weighted by molar-refractivity contribution is 0.197. The Morgan fingerprint density at radius 2 is 2.00 bits per heavy atom. The van der Waals surface area contributed by atoms with Gasteiger partial charge in [0.1, 0.15) is 0 Å². The van der Waals surface area contributed by atoms with Crippen molar-refractivity contribution in [1.82, 2.24) is 10.2 Å². The Morgan fingerprint density at radius 1 is 1.28 bits per heavy atom. The summed E-state index contributed by atoms with van der Waals surface area (Å²) in [5.41, 5.74) is 1.12. The minimum absolute atomic E-state index is 0. The molecule has 5 nitrogen and oxygen atoms in total. The monoisotopic (exact) mass is 401 g/mol. The molecule has 2 N–H and O–H groups in total. The molecule has 8 heteroatoms. The number of methoxy groups -OCH3 is 1. The number of nitrogens with zero attached hydrogens (tertiary/aromatic N) is 2. The Labute approximate surface area is 164 Å². The number of phenols is 1. The van der Waals surface area contributed by atoms with Gasteiger partial charge in [0.2, 0.25) is 0 Å². The average molecular weight is 402 g/mol. The highest BCUT2D eigenvalue weighted by atomic mass is 35.5. The Kier molecular flexibility index (Phi) is 8.50. The molecule has 1 aromatic carbocycles. The van der Waals surface area contributed by atoms with Gasteiger partial charge in [-0.1, -0.05) is 6.07 Å². The van der Waals surface area contributed by atoms with Crippen LogP contribution in [0.3, 0.4) is 0 Å². The van der Waals surface area contributed by atoms with Gasteiger partial charge in [0.25, 0.3) is 0 Å². The Morgan fingerprint density at radius 3 is 2.56 bits per heavy atom. The predicted octanol–water partition coefficient (Wildman–Crippen LogP) is 3.17. The SMILES string of the molecule is COc1ccc(C#N)c([C@@H](c2cccs2)N2CCNCC2)c1O.Cl.Cl. The van der Waals surface area contributed by atoms with Gasteiger partial charge in [0.05, 0.1) is 24.8 Å². The summed E-state index contributed by atoms with van der Waals surface area (Å²) in [5, 5.41) is 25.6. The first-order valence-corrected chi connectivity index (χ1v) is 8.42. The van der Waals surface area contributed by atoms with E-state index < -0.39 is 0 Å². The highest BCUT2D eigenvalue weighted by Gasteiger charge is 2.30. The Balaban J connectivity index is 0.00000156. The minimum Gasteiger partial charge on any atom is -0.504 e. The zero-order valence-electron chi connectivity index (χ0n) is 13.8. The number of ether oxygens (including phenoxy) is 1. The first-order chi connectivity index (χ1) is 11.3. The predicted molar refractivity (Wildman–Crippen MR) is 104 cm³/mol. The second-order valence-corrected chi connectivity index (χ2v) is 6.37. The molecule has 2 heterocycles. The number of rotatable bonds is 4. The molecule has 136 valence electrons. The first kappa shape index (κ1) is 21.6. The van der Waals surface area contributed by atoms with E-state index in [2.05, 4.69) is 22.4 Å². The van der Waals surface area contributed by atoms with Gasteiger partial charge in [-0.15, -0.1) is 36.2 Å². The van der Waals surface area contributed by atoms with Crippen LogP contribution in [-0.2, 0) is 0 Å². The molecule has 0 bridgehead atoms. The van der Waals surface area contributed by atoms with Crippen molar-refractivity contribution in [2.45, 2.75) is 6.04 Å². The quantitative estimate of drug-likeness (QED) is 0.822. The van der Waals surface area contributed by atoms with Crippen LogP contribution < -0.4 is 10.1 Å². The van der Waals surface area contributed by atoms with Gasteiger partial charge >= 0.3 is 0 Å². The van der Waals surface area contributed by atoms with Crippen LogP contribution >= 0.6 is 36.2 Å². The number of nitriles is 1. The van der Waals surface area contributed by atoms with Crippen LogP contribution in [0.1, 0.15) is 22.0 Å². The maximum Gasteiger partial charge on any atom is 0.164 e. The van der Waals surface area contributed by atoms with Crippen molar-refractivity contribution in [1.29, 1.82) is 5.26 Å². The van der Waals surface area contributed by atoms with E-state index in [0.29, 0.717) is 16.9 Å². The van der Waals surface area contributed by atoms with Gasteiger partial charge < -0.3 is 15.2 Å². The fourth-order valence-electron chi connectivity index (χ4n) is 3.02. The molecule has 3 rings (SSSR count). The highest BCUT2D eigenvalue weighted by Crippen LogP contribution is 2.42. The molecule has 1 saturated heterocycles. The molecule has 1 fully saturated rings. The van der Waals surface area contributed by atoms with E-state index in [4.69, 9.17) is 4.74 Å². The van der Waals surface area contributed by atoms with Crippen LogP contribution in [0.15, 0.2) is 29.6 Å². The van der Waals surface area contributed by atoms with E-state index in [1.165, 1.54) is 7.11 Å². The minimum atomic E-state index is -0.137. The summed E-state index contributed by atoms with van der Waals surface area (Å²) in [6.45, 7) is 3.52. The molecule has 0 radical (unpaired) electrons.